The van der Waals surface area contributed by atoms with E-state index >= 15 is 0 Å². The highest BCUT2D eigenvalue weighted by Gasteiger charge is 1.99. The minimum Gasteiger partial charge on any atom is -0.212 e. The third kappa shape index (κ3) is 7.25. The van der Waals surface area contributed by atoms with Gasteiger partial charge in [0.05, 0.1) is 0 Å². The maximum Gasteiger partial charge on any atom is 0.101 e. The number of hydrogen-bond donors (Lipinski definition) is 0. The van der Waals surface area contributed by atoms with Crippen LogP contribution in [0.3, 0.4) is 0 Å². The minimum atomic E-state index is -0.00614. The van der Waals surface area contributed by atoms with E-state index < -0.39 is 0 Å². The standard InChI is InChI=1S/C24H31F/c1-3-5-6-8-24(25)19-23-17-15-22(16-18-23)14-13-21-11-9-20(7-4-2)10-12-21/h9-12,15-19H,3-8,13-14H2,1-2H3/b24-19+. The zero-order valence-corrected chi connectivity index (χ0v) is 15.7. The fourth-order valence-corrected chi connectivity index (χ4v) is 3.03. The van der Waals surface area contributed by atoms with Gasteiger partial charge < -0.3 is 0 Å². The van der Waals surface area contributed by atoms with E-state index in [4.69, 9.17) is 0 Å². The Hall–Kier alpha value is -1.89. The molecule has 0 aliphatic heterocycles. The summed E-state index contributed by atoms with van der Waals surface area (Å²) in [6, 6.07) is 17.3. The molecule has 0 unspecified atom stereocenters. The van der Waals surface area contributed by atoms with E-state index in [0.29, 0.717) is 6.42 Å². The lowest BCUT2D eigenvalue weighted by Crippen LogP contribution is -1.92. The molecule has 0 saturated heterocycles. The van der Waals surface area contributed by atoms with E-state index in [1.54, 1.807) is 6.08 Å². The monoisotopic (exact) mass is 338 g/mol. The number of rotatable bonds is 10. The average Bonchev–Trinajstić information content (AvgIpc) is 2.63. The van der Waals surface area contributed by atoms with Crippen molar-refractivity contribution >= 4 is 6.08 Å². The average molecular weight is 339 g/mol. The van der Waals surface area contributed by atoms with Crippen LogP contribution in [-0.2, 0) is 19.3 Å². The van der Waals surface area contributed by atoms with Gasteiger partial charge in [-0.1, -0.05) is 81.6 Å². The van der Waals surface area contributed by atoms with Crippen molar-refractivity contribution in [1.82, 2.24) is 0 Å². The molecule has 0 aliphatic carbocycles. The van der Waals surface area contributed by atoms with Gasteiger partial charge in [-0.15, -0.1) is 0 Å². The van der Waals surface area contributed by atoms with Crippen molar-refractivity contribution in [3.8, 4) is 0 Å². The molecule has 0 saturated carbocycles. The molecule has 2 rings (SSSR count). The molecule has 0 heterocycles. The van der Waals surface area contributed by atoms with Crippen molar-refractivity contribution < 1.29 is 4.39 Å². The molecule has 25 heavy (non-hydrogen) atoms. The van der Waals surface area contributed by atoms with Crippen molar-refractivity contribution in [1.29, 1.82) is 0 Å². The second-order valence-corrected chi connectivity index (χ2v) is 6.86. The lowest BCUT2D eigenvalue weighted by atomic mass is 10.0. The van der Waals surface area contributed by atoms with Crippen LogP contribution in [0, 0.1) is 0 Å². The molecular formula is C24H31F. The minimum absolute atomic E-state index is 0.00614. The van der Waals surface area contributed by atoms with Crippen LogP contribution in [0.25, 0.3) is 6.08 Å². The zero-order chi connectivity index (χ0) is 17.9. The van der Waals surface area contributed by atoms with Gasteiger partial charge in [0, 0.05) is 0 Å². The first-order valence-corrected chi connectivity index (χ1v) is 9.74. The normalized spacial score (nSPS) is 11.7. The zero-order valence-electron chi connectivity index (χ0n) is 15.7. The van der Waals surface area contributed by atoms with Gasteiger partial charge in [0.1, 0.15) is 5.83 Å². The third-order valence-electron chi connectivity index (χ3n) is 4.59. The molecule has 134 valence electrons. The summed E-state index contributed by atoms with van der Waals surface area (Å²) in [7, 11) is 0. The van der Waals surface area contributed by atoms with Crippen LogP contribution in [0.2, 0.25) is 0 Å². The van der Waals surface area contributed by atoms with Crippen molar-refractivity contribution in [3.63, 3.8) is 0 Å². The Morgan fingerprint density at radius 3 is 1.76 bits per heavy atom. The van der Waals surface area contributed by atoms with Crippen LogP contribution < -0.4 is 0 Å². The Balaban J connectivity index is 1.84. The molecule has 2 aromatic carbocycles. The predicted molar refractivity (Wildman–Crippen MR) is 108 cm³/mol. The summed E-state index contributed by atoms with van der Waals surface area (Å²) >= 11 is 0. The smallest absolute Gasteiger partial charge is 0.101 e. The highest BCUT2D eigenvalue weighted by Crippen LogP contribution is 2.16. The molecule has 0 amide bonds. The van der Waals surface area contributed by atoms with Crippen molar-refractivity contribution in [2.75, 3.05) is 0 Å². The quantitative estimate of drug-likeness (QED) is 0.398. The van der Waals surface area contributed by atoms with Crippen LogP contribution in [0.1, 0.15) is 68.2 Å². The van der Waals surface area contributed by atoms with Gasteiger partial charge in [-0.05, 0) is 60.4 Å². The summed E-state index contributed by atoms with van der Waals surface area (Å²) in [4.78, 5) is 0. The van der Waals surface area contributed by atoms with Crippen molar-refractivity contribution in [3.05, 3.63) is 76.6 Å². The highest BCUT2D eigenvalue weighted by molar-refractivity contribution is 5.51. The summed E-state index contributed by atoms with van der Waals surface area (Å²) in [5.41, 5.74) is 5.07. The predicted octanol–water partition coefficient (Wildman–Crippen LogP) is 7.32. The van der Waals surface area contributed by atoms with Crippen LogP contribution in [0.15, 0.2) is 54.4 Å². The molecule has 0 aliphatic rings. The molecule has 0 fully saturated rings. The van der Waals surface area contributed by atoms with E-state index in [1.165, 1.54) is 23.1 Å². The number of allylic oxidation sites excluding steroid dienone is 1. The third-order valence-corrected chi connectivity index (χ3v) is 4.59. The molecule has 0 spiro atoms. The van der Waals surface area contributed by atoms with Gasteiger partial charge in [-0.25, -0.2) is 4.39 Å². The number of halogens is 1. The Bertz CT molecular complexity index is 635. The molecule has 0 atom stereocenters. The first-order chi connectivity index (χ1) is 12.2. The van der Waals surface area contributed by atoms with Crippen LogP contribution >= 0.6 is 0 Å². The van der Waals surface area contributed by atoms with E-state index in [9.17, 15) is 4.39 Å². The maximum absolute atomic E-state index is 13.8. The Kier molecular flexibility index (Phi) is 8.45. The van der Waals surface area contributed by atoms with Crippen molar-refractivity contribution in [2.45, 2.75) is 65.2 Å². The summed E-state index contributed by atoms with van der Waals surface area (Å²) < 4.78 is 13.8. The molecule has 0 N–H and O–H groups in total. The van der Waals surface area contributed by atoms with Gasteiger partial charge in [-0.3, -0.25) is 0 Å². The first kappa shape index (κ1) is 19.4. The van der Waals surface area contributed by atoms with E-state index in [1.807, 2.05) is 12.1 Å². The second kappa shape index (κ2) is 10.9. The highest BCUT2D eigenvalue weighted by atomic mass is 19.1. The first-order valence-electron chi connectivity index (χ1n) is 9.74. The van der Waals surface area contributed by atoms with Crippen molar-refractivity contribution in [2.24, 2.45) is 0 Å². The molecule has 0 radical (unpaired) electrons. The fourth-order valence-electron chi connectivity index (χ4n) is 3.03. The lowest BCUT2D eigenvalue weighted by molar-refractivity contribution is 0.567. The summed E-state index contributed by atoms with van der Waals surface area (Å²) in [5.74, 6) is -0.00614. The van der Waals surface area contributed by atoms with Gasteiger partial charge in [0.25, 0.3) is 0 Å². The fraction of sp³-hybridized carbons (Fsp3) is 0.417. The Labute approximate surface area is 152 Å². The van der Waals surface area contributed by atoms with Gasteiger partial charge >= 0.3 is 0 Å². The Morgan fingerprint density at radius 1 is 0.720 bits per heavy atom. The maximum atomic E-state index is 13.8. The lowest BCUT2D eigenvalue weighted by Gasteiger charge is -2.05. The number of benzene rings is 2. The SMILES string of the molecule is CCCCC/C(F)=C\c1ccc(CCc2ccc(CCC)cc2)cc1. The van der Waals surface area contributed by atoms with E-state index in [-0.39, 0.29) is 5.83 Å². The summed E-state index contributed by atoms with van der Waals surface area (Å²) in [5, 5.41) is 0. The molecule has 1 heteroatoms. The van der Waals surface area contributed by atoms with Gasteiger partial charge in [0.2, 0.25) is 0 Å². The topological polar surface area (TPSA) is 0 Å². The summed E-state index contributed by atoms with van der Waals surface area (Å²) in [6.07, 6.45) is 9.82. The van der Waals surface area contributed by atoms with E-state index in [0.717, 1.165) is 44.1 Å². The van der Waals surface area contributed by atoms with E-state index in [2.05, 4.69) is 50.2 Å². The van der Waals surface area contributed by atoms with Gasteiger partial charge in [0.15, 0.2) is 0 Å². The molecule has 0 aromatic heterocycles. The molecule has 2 aromatic rings. The second-order valence-electron chi connectivity index (χ2n) is 6.86. The molecular weight excluding hydrogens is 307 g/mol. The van der Waals surface area contributed by atoms with Crippen LogP contribution in [0.5, 0.6) is 0 Å². The molecule has 0 nitrogen and oxygen atoms in total. The number of aryl methyl sites for hydroxylation is 3. The Morgan fingerprint density at radius 2 is 1.24 bits per heavy atom. The number of unbranched alkanes of at least 4 members (excludes halogenated alkanes) is 2. The molecule has 0 bridgehead atoms. The summed E-state index contributed by atoms with van der Waals surface area (Å²) in [6.45, 7) is 4.35. The van der Waals surface area contributed by atoms with Crippen LogP contribution in [-0.4, -0.2) is 0 Å². The number of hydrogen-bond acceptors (Lipinski definition) is 0. The largest absolute Gasteiger partial charge is 0.212 e. The van der Waals surface area contributed by atoms with Gasteiger partial charge in [-0.2, -0.15) is 0 Å². The van der Waals surface area contributed by atoms with Crippen LogP contribution in [0.4, 0.5) is 4.39 Å².